The fourth-order valence-electron chi connectivity index (χ4n) is 2.46. The third-order valence-corrected chi connectivity index (χ3v) is 5.16. The molecule has 0 radical (unpaired) electrons. The summed E-state index contributed by atoms with van der Waals surface area (Å²) in [6, 6.07) is 12.3. The highest BCUT2D eigenvalue weighted by Gasteiger charge is 2.19. The first kappa shape index (κ1) is 18.3. The molecule has 2 aromatic carbocycles. The van der Waals surface area contributed by atoms with E-state index in [1.807, 2.05) is 31.2 Å². The van der Waals surface area contributed by atoms with E-state index in [-0.39, 0.29) is 5.75 Å². The van der Waals surface area contributed by atoms with Gasteiger partial charge in [0.2, 0.25) is 10.0 Å². The SMILES string of the molecule is COc1ccc(OC)c(C(C)NS(=O)(=O)Cc2ccc(C)cc2)c1. The van der Waals surface area contributed by atoms with E-state index in [1.54, 1.807) is 39.3 Å². The van der Waals surface area contributed by atoms with Crippen molar-refractivity contribution in [2.24, 2.45) is 0 Å². The first-order valence-corrected chi connectivity index (χ1v) is 9.27. The Balaban J connectivity index is 2.18. The first-order chi connectivity index (χ1) is 11.3. The highest BCUT2D eigenvalue weighted by atomic mass is 32.2. The molecule has 1 atom stereocenters. The van der Waals surface area contributed by atoms with E-state index in [2.05, 4.69) is 4.72 Å². The fourth-order valence-corrected chi connectivity index (χ4v) is 3.84. The third kappa shape index (κ3) is 4.72. The van der Waals surface area contributed by atoms with E-state index < -0.39 is 16.1 Å². The van der Waals surface area contributed by atoms with Crippen LogP contribution in [0.15, 0.2) is 42.5 Å². The largest absolute Gasteiger partial charge is 0.497 e. The third-order valence-electron chi connectivity index (χ3n) is 3.74. The zero-order chi connectivity index (χ0) is 17.7. The van der Waals surface area contributed by atoms with Crippen molar-refractivity contribution in [2.45, 2.75) is 25.6 Å². The Morgan fingerprint density at radius 3 is 2.29 bits per heavy atom. The lowest BCUT2D eigenvalue weighted by atomic mass is 10.1. The molecule has 1 N–H and O–H groups in total. The lowest BCUT2D eigenvalue weighted by molar-refractivity contribution is 0.395. The second kappa shape index (κ2) is 7.68. The molecule has 1 unspecified atom stereocenters. The van der Waals surface area contributed by atoms with Crippen LogP contribution < -0.4 is 14.2 Å². The van der Waals surface area contributed by atoms with Gasteiger partial charge in [-0.1, -0.05) is 29.8 Å². The number of ether oxygens (including phenoxy) is 2. The summed E-state index contributed by atoms with van der Waals surface area (Å²) in [6.45, 7) is 3.75. The normalized spacial score (nSPS) is 12.7. The number of sulfonamides is 1. The second-order valence-electron chi connectivity index (χ2n) is 5.69. The molecule has 2 aromatic rings. The summed E-state index contributed by atoms with van der Waals surface area (Å²) in [5, 5.41) is 0. The van der Waals surface area contributed by atoms with Crippen LogP contribution in [0.3, 0.4) is 0 Å². The minimum Gasteiger partial charge on any atom is -0.497 e. The maximum Gasteiger partial charge on any atom is 0.216 e. The molecule has 0 spiro atoms. The van der Waals surface area contributed by atoms with Gasteiger partial charge in [-0.2, -0.15) is 0 Å². The van der Waals surface area contributed by atoms with Gasteiger partial charge < -0.3 is 9.47 Å². The molecular formula is C18H23NO4S. The van der Waals surface area contributed by atoms with E-state index in [0.29, 0.717) is 11.5 Å². The molecule has 0 aliphatic heterocycles. The van der Waals surface area contributed by atoms with E-state index in [0.717, 1.165) is 16.7 Å². The first-order valence-electron chi connectivity index (χ1n) is 7.62. The van der Waals surface area contributed by atoms with E-state index in [9.17, 15) is 8.42 Å². The molecule has 6 heteroatoms. The highest BCUT2D eigenvalue weighted by Crippen LogP contribution is 2.29. The zero-order valence-corrected chi connectivity index (χ0v) is 15.2. The van der Waals surface area contributed by atoms with Crippen molar-refractivity contribution in [3.8, 4) is 11.5 Å². The van der Waals surface area contributed by atoms with Crippen molar-refractivity contribution in [3.63, 3.8) is 0 Å². The van der Waals surface area contributed by atoms with Gasteiger partial charge in [0, 0.05) is 11.6 Å². The van der Waals surface area contributed by atoms with Gasteiger partial charge in [0.05, 0.1) is 20.0 Å². The lowest BCUT2D eigenvalue weighted by Crippen LogP contribution is -2.28. The quantitative estimate of drug-likeness (QED) is 0.834. The molecule has 5 nitrogen and oxygen atoms in total. The van der Waals surface area contributed by atoms with Crippen LogP contribution in [0.2, 0.25) is 0 Å². The minimum atomic E-state index is -3.49. The smallest absolute Gasteiger partial charge is 0.216 e. The van der Waals surface area contributed by atoms with Gasteiger partial charge >= 0.3 is 0 Å². The molecule has 0 bridgehead atoms. The molecule has 0 heterocycles. The van der Waals surface area contributed by atoms with Gasteiger partial charge in [-0.15, -0.1) is 0 Å². The van der Waals surface area contributed by atoms with E-state index >= 15 is 0 Å². The summed E-state index contributed by atoms with van der Waals surface area (Å²) < 4.78 is 38.1. The van der Waals surface area contributed by atoms with E-state index in [1.165, 1.54) is 0 Å². The number of hydrogen-bond donors (Lipinski definition) is 1. The molecule has 0 saturated heterocycles. The van der Waals surface area contributed by atoms with Crippen molar-refractivity contribution in [2.75, 3.05) is 14.2 Å². The number of benzene rings is 2. The standard InChI is InChI=1S/C18H23NO4S/c1-13-5-7-15(8-6-13)12-24(20,21)19-14(2)17-11-16(22-3)9-10-18(17)23-4/h5-11,14,19H,12H2,1-4H3. The van der Waals surface area contributed by atoms with Crippen LogP contribution in [-0.2, 0) is 15.8 Å². The summed E-state index contributed by atoms with van der Waals surface area (Å²) in [5.41, 5.74) is 2.57. The van der Waals surface area contributed by atoms with E-state index in [4.69, 9.17) is 9.47 Å². The molecular weight excluding hydrogens is 326 g/mol. The Morgan fingerprint density at radius 2 is 1.71 bits per heavy atom. The van der Waals surface area contributed by atoms with Crippen molar-refractivity contribution >= 4 is 10.0 Å². The van der Waals surface area contributed by atoms with Crippen LogP contribution in [-0.4, -0.2) is 22.6 Å². The van der Waals surface area contributed by atoms with Gasteiger partial charge in [0.15, 0.2) is 0 Å². The molecule has 2 rings (SSSR count). The molecule has 0 fully saturated rings. The van der Waals surface area contributed by atoms with Crippen LogP contribution in [0.5, 0.6) is 11.5 Å². The Kier molecular flexibility index (Phi) is 5.85. The summed E-state index contributed by atoms with van der Waals surface area (Å²) >= 11 is 0. The molecule has 0 aromatic heterocycles. The number of aryl methyl sites for hydroxylation is 1. The zero-order valence-electron chi connectivity index (χ0n) is 14.4. The maximum atomic E-state index is 12.4. The van der Waals surface area contributed by atoms with Crippen molar-refractivity contribution in [1.82, 2.24) is 4.72 Å². The van der Waals surface area contributed by atoms with Crippen molar-refractivity contribution < 1.29 is 17.9 Å². The predicted octanol–water partition coefficient (Wildman–Crippen LogP) is 3.19. The van der Waals surface area contributed by atoms with Crippen molar-refractivity contribution in [1.29, 1.82) is 0 Å². The van der Waals surface area contributed by atoms with Gasteiger partial charge in [-0.05, 0) is 37.6 Å². The molecule has 24 heavy (non-hydrogen) atoms. The van der Waals surface area contributed by atoms with Crippen LogP contribution in [0.25, 0.3) is 0 Å². The average Bonchev–Trinajstić information content (AvgIpc) is 2.55. The number of hydrogen-bond acceptors (Lipinski definition) is 4. The van der Waals surface area contributed by atoms with Crippen LogP contribution in [0.4, 0.5) is 0 Å². The molecule has 130 valence electrons. The van der Waals surface area contributed by atoms with Crippen LogP contribution >= 0.6 is 0 Å². The number of rotatable bonds is 7. The second-order valence-corrected chi connectivity index (χ2v) is 7.45. The minimum absolute atomic E-state index is 0.0656. The van der Waals surface area contributed by atoms with Gasteiger partial charge in [-0.3, -0.25) is 0 Å². The Hall–Kier alpha value is -2.05. The molecule has 0 aliphatic rings. The number of nitrogens with one attached hydrogen (secondary N) is 1. The van der Waals surface area contributed by atoms with Gasteiger partial charge in [-0.25, -0.2) is 13.1 Å². The molecule has 0 saturated carbocycles. The molecule has 0 amide bonds. The summed E-state index contributed by atoms with van der Waals surface area (Å²) in [7, 11) is -0.364. The van der Waals surface area contributed by atoms with Crippen LogP contribution in [0.1, 0.15) is 29.7 Å². The summed E-state index contributed by atoms with van der Waals surface area (Å²) in [5.74, 6) is 1.20. The predicted molar refractivity (Wildman–Crippen MR) is 94.9 cm³/mol. The summed E-state index contributed by atoms with van der Waals surface area (Å²) in [6.07, 6.45) is 0. The molecule has 0 aliphatic carbocycles. The van der Waals surface area contributed by atoms with Crippen molar-refractivity contribution in [3.05, 3.63) is 59.2 Å². The lowest BCUT2D eigenvalue weighted by Gasteiger charge is -2.18. The topological polar surface area (TPSA) is 64.6 Å². The monoisotopic (exact) mass is 349 g/mol. The fraction of sp³-hybridized carbons (Fsp3) is 0.333. The Morgan fingerprint density at radius 1 is 1.04 bits per heavy atom. The average molecular weight is 349 g/mol. The van der Waals surface area contributed by atoms with Gasteiger partial charge in [0.1, 0.15) is 11.5 Å². The van der Waals surface area contributed by atoms with Crippen LogP contribution in [0, 0.1) is 6.92 Å². The summed E-state index contributed by atoms with van der Waals surface area (Å²) in [4.78, 5) is 0. The Bertz CT molecular complexity index is 785. The van der Waals surface area contributed by atoms with Gasteiger partial charge in [0.25, 0.3) is 0 Å². The maximum absolute atomic E-state index is 12.4. The highest BCUT2D eigenvalue weighted by molar-refractivity contribution is 7.88. The Labute approximate surface area is 143 Å². The number of methoxy groups -OCH3 is 2.